The van der Waals surface area contributed by atoms with E-state index in [2.05, 4.69) is 6.92 Å². The van der Waals surface area contributed by atoms with Crippen LogP contribution in [0.3, 0.4) is 0 Å². The van der Waals surface area contributed by atoms with Crippen LogP contribution in [0.15, 0.2) is 11.5 Å². The number of carboxylic acid groups (broad SMARTS) is 1. The van der Waals surface area contributed by atoms with Crippen LogP contribution >= 0.6 is 0 Å². The number of hydrogen-bond acceptors (Lipinski definition) is 3. The first-order valence-electron chi connectivity index (χ1n) is 8.85. The van der Waals surface area contributed by atoms with Gasteiger partial charge in [-0.05, 0) is 19.3 Å². The number of unbranched alkanes of at least 4 members (excludes halogenated alkanes) is 9. The van der Waals surface area contributed by atoms with Crippen molar-refractivity contribution in [1.29, 1.82) is 0 Å². The van der Waals surface area contributed by atoms with Crippen LogP contribution in [-0.4, -0.2) is 11.1 Å². The number of hydrogen-bond donors (Lipinski definition) is 1. The average Bonchev–Trinajstić information content (AvgIpc) is 2.49. The highest BCUT2D eigenvalue weighted by molar-refractivity contribution is 5.66. The zero-order valence-corrected chi connectivity index (χ0v) is 14.1. The van der Waals surface area contributed by atoms with Crippen LogP contribution in [0.25, 0.3) is 0 Å². The smallest absolute Gasteiger partial charge is 0.303 e. The Morgan fingerprint density at radius 1 is 0.682 bits per heavy atom. The van der Waals surface area contributed by atoms with Crippen LogP contribution in [0, 0.1) is 0 Å². The Bertz CT molecular complexity index is 310. The molecule has 0 amide bonds. The van der Waals surface area contributed by atoms with E-state index in [-0.39, 0.29) is 17.9 Å². The van der Waals surface area contributed by atoms with Gasteiger partial charge in [0.05, 0.1) is 0 Å². The summed E-state index contributed by atoms with van der Waals surface area (Å²) in [4.78, 5) is 10.3. The normalized spacial score (nSPS) is 12.2. The van der Waals surface area contributed by atoms with Crippen molar-refractivity contribution in [1.82, 2.24) is 0 Å². The summed E-state index contributed by atoms with van der Waals surface area (Å²) in [5.41, 5.74) is 0. The van der Waals surface area contributed by atoms with Crippen molar-refractivity contribution in [3.63, 3.8) is 0 Å². The Kier molecular flexibility index (Phi) is 13.9. The van der Waals surface area contributed by atoms with Gasteiger partial charge >= 0.3 is 5.97 Å². The van der Waals surface area contributed by atoms with E-state index in [1.54, 1.807) is 0 Å². The third-order valence-corrected chi connectivity index (χ3v) is 3.86. The number of carbonyl (C=O) groups is 1. The molecule has 0 aromatic heterocycles. The van der Waals surface area contributed by atoms with Crippen LogP contribution < -0.4 is 10.2 Å². The Balaban J connectivity index is 3.53. The van der Waals surface area contributed by atoms with Crippen molar-refractivity contribution in [2.24, 2.45) is 0 Å². The van der Waals surface area contributed by atoms with Gasteiger partial charge in [-0.3, -0.25) is 4.79 Å². The van der Waals surface area contributed by atoms with Crippen molar-refractivity contribution >= 4 is 5.97 Å². The highest BCUT2D eigenvalue weighted by Gasteiger charge is 1.97. The Hall–Kier alpha value is -1.19. The van der Waals surface area contributed by atoms with Crippen LogP contribution in [0.4, 0.5) is 0 Å². The van der Waals surface area contributed by atoms with E-state index in [1.165, 1.54) is 19.3 Å². The molecule has 0 rings (SSSR count). The molecule has 0 atom stereocenters. The second kappa shape index (κ2) is 14.7. The van der Waals surface area contributed by atoms with Crippen molar-refractivity contribution in [3.8, 4) is 0 Å². The fraction of sp³-hybridized carbons (Fsp3) is 0.833. The molecule has 0 aromatic carbocycles. The lowest BCUT2D eigenvalue weighted by Gasteiger charge is -2.24. The van der Waals surface area contributed by atoms with Gasteiger partial charge in [-0.1, -0.05) is 71.1 Å². The van der Waals surface area contributed by atoms with Gasteiger partial charge < -0.3 is 15.3 Å². The zero-order chi connectivity index (χ0) is 16.6. The summed E-state index contributed by atoms with van der Waals surface area (Å²) in [5, 5.41) is 31.8. The topological polar surface area (TPSA) is 83.4 Å². The summed E-state index contributed by atoms with van der Waals surface area (Å²) in [6.45, 7) is 2.17. The predicted molar refractivity (Wildman–Crippen MR) is 85.0 cm³/mol. The third-order valence-electron chi connectivity index (χ3n) is 3.86. The van der Waals surface area contributed by atoms with Gasteiger partial charge in [0.2, 0.25) is 0 Å². The van der Waals surface area contributed by atoms with Crippen molar-refractivity contribution < 1.29 is 20.1 Å². The number of rotatable bonds is 15. The van der Waals surface area contributed by atoms with Crippen molar-refractivity contribution in [2.75, 3.05) is 0 Å². The molecular formula is C18H32O4-2. The summed E-state index contributed by atoms with van der Waals surface area (Å²) in [6.07, 6.45) is 11.9. The lowest BCUT2D eigenvalue weighted by Crippen LogP contribution is -2.16. The molecule has 0 spiro atoms. The van der Waals surface area contributed by atoms with E-state index >= 15 is 0 Å². The largest absolute Gasteiger partial charge is 0.876 e. The number of carboxylic acids is 1. The molecule has 0 aliphatic carbocycles. The molecule has 0 heterocycles. The minimum absolute atomic E-state index is 0.207. The molecule has 0 saturated heterocycles. The molecule has 0 unspecified atom stereocenters. The van der Waals surface area contributed by atoms with E-state index in [0.29, 0.717) is 19.3 Å². The van der Waals surface area contributed by atoms with Crippen molar-refractivity contribution in [3.05, 3.63) is 11.5 Å². The summed E-state index contributed by atoms with van der Waals surface area (Å²) in [6, 6.07) is 0. The molecule has 0 saturated carbocycles. The molecule has 130 valence electrons. The average molecular weight is 312 g/mol. The molecule has 0 aliphatic heterocycles. The standard InChI is InChI=1S/C18H34O4/c1-2-3-4-5-7-10-13-16(19)17(20)14-11-8-6-9-12-15-18(21)22/h19-20H,2-15H2,1H3,(H,21,22)/p-2/b17-16-. The molecule has 4 heteroatoms. The minimum atomic E-state index is -0.754. The fourth-order valence-electron chi connectivity index (χ4n) is 2.44. The Labute approximate surface area is 135 Å². The number of allylic oxidation sites excluding steroid dienone is 2. The Morgan fingerprint density at radius 2 is 1.05 bits per heavy atom. The molecule has 4 nitrogen and oxygen atoms in total. The molecule has 0 aromatic rings. The highest BCUT2D eigenvalue weighted by Crippen LogP contribution is 2.14. The van der Waals surface area contributed by atoms with Gasteiger partial charge in [0.15, 0.2) is 0 Å². The zero-order valence-electron chi connectivity index (χ0n) is 14.1. The van der Waals surface area contributed by atoms with Crippen LogP contribution in [0.5, 0.6) is 0 Å². The summed E-state index contributed by atoms with van der Waals surface area (Å²) in [7, 11) is 0. The van der Waals surface area contributed by atoms with Crippen molar-refractivity contribution in [2.45, 2.75) is 96.8 Å². The van der Waals surface area contributed by atoms with Gasteiger partial charge in [-0.15, -0.1) is 11.5 Å². The van der Waals surface area contributed by atoms with Crippen LogP contribution in [0.1, 0.15) is 96.8 Å². The van der Waals surface area contributed by atoms with Gasteiger partial charge in [-0.2, -0.15) is 0 Å². The van der Waals surface area contributed by atoms with Crippen LogP contribution in [-0.2, 0) is 4.79 Å². The first-order valence-corrected chi connectivity index (χ1v) is 8.85. The molecule has 0 bridgehead atoms. The monoisotopic (exact) mass is 312 g/mol. The first-order chi connectivity index (χ1) is 10.6. The predicted octanol–water partition coefficient (Wildman–Crippen LogP) is 3.48. The maximum Gasteiger partial charge on any atom is 0.303 e. The maximum absolute atomic E-state index is 11.7. The minimum Gasteiger partial charge on any atom is -0.876 e. The lowest BCUT2D eigenvalue weighted by atomic mass is 10.1. The molecule has 0 fully saturated rings. The van der Waals surface area contributed by atoms with Gasteiger partial charge in [0.1, 0.15) is 0 Å². The second-order valence-corrected chi connectivity index (χ2v) is 6.03. The van der Waals surface area contributed by atoms with E-state index in [9.17, 15) is 15.0 Å². The molecular weight excluding hydrogens is 280 g/mol. The summed E-state index contributed by atoms with van der Waals surface area (Å²) < 4.78 is 0. The van der Waals surface area contributed by atoms with Gasteiger partial charge in [0, 0.05) is 6.42 Å². The van der Waals surface area contributed by atoms with Gasteiger partial charge in [0.25, 0.3) is 0 Å². The summed E-state index contributed by atoms with van der Waals surface area (Å²) >= 11 is 0. The fourth-order valence-corrected chi connectivity index (χ4v) is 2.44. The van der Waals surface area contributed by atoms with E-state index in [4.69, 9.17) is 5.11 Å². The van der Waals surface area contributed by atoms with E-state index < -0.39 is 5.97 Å². The van der Waals surface area contributed by atoms with E-state index in [0.717, 1.165) is 44.9 Å². The quantitative estimate of drug-likeness (QED) is 0.370. The van der Waals surface area contributed by atoms with E-state index in [1.807, 2.05) is 0 Å². The molecule has 0 aliphatic rings. The SMILES string of the molecule is CCCCCCCC/C([O-])=C(/[O-])CCCCCCCC(=O)O. The highest BCUT2D eigenvalue weighted by atomic mass is 16.4. The third kappa shape index (κ3) is 13.8. The molecule has 0 radical (unpaired) electrons. The summed E-state index contributed by atoms with van der Waals surface area (Å²) in [5.74, 6) is -1.18. The lowest BCUT2D eigenvalue weighted by molar-refractivity contribution is -0.362. The number of aliphatic carboxylic acids is 1. The van der Waals surface area contributed by atoms with Gasteiger partial charge in [-0.25, -0.2) is 0 Å². The Morgan fingerprint density at radius 3 is 1.45 bits per heavy atom. The first kappa shape index (κ1) is 20.8. The van der Waals surface area contributed by atoms with Crippen LogP contribution in [0.2, 0.25) is 0 Å². The maximum atomic E-state index is 11.7. The second-order valence-electron chi connectivity index (χ2n) is 6.03. The molecule has 22 heavy (non-hydrogen) atoms. The molecule has 1 N–H and O–H groups in total.